The molecule has 0 saturated heterocycles. The zero-order chi connectivity index (χ0) is 23.0. The third-order valence-electron chi connectivity index (χ3n) is 4.49. The Morgan fingerprint density at radius 1 is 0.788 bits per heavy atom. The number of benzene rings is 3. The van der Waals surface area contributed by atoms with Gasteiger partial charge in [0.05, 0.1) is 17.5 Å². The second-order valence-corrected chi connectivity index (χ2v) is 8.73. The molecular weight excluding hydrogens is 483 g/mol. The molecule has 0 aliphatic carbocycles. The van der Waals surface area contributed by atoms with Crippen LogP contribution in [0.1, 0.15) is 0 Å². The highest BCUT2D eigenvalue weighted by atomic mass is 35.5. The first-order valence-electron chi connectivity index (χ1n) is 10.1. The smallest absolute Gasteiger partial charge is 0.295 e. The predicted molar refractivity (Wildman–Crippen MR) is 132 cm³/mol. The fraction of sp³-hybridized carbons (Fsp3) is 0.167. The second-order valence-electron chi connectivity index (χ2n) is 6.80. The number of nitrogens with zero attached hydrogens (tertiary/aromatic N) is 2. The van der Waals surface area contributed by atoms with Gasteiger partial charge < -0.3 is 14.3 Å². The van der Waals surface area contributed by atoms with Gasteiger partial charge in [0.2, 0.25) is 5.16 Å². The van der Waals surface area contributed by atoms with Crippen LogP contribution < -0.4 is 19.9 Å². The first-order valence-corrected chi connectivity index (χ1v) is 11.9. The largest absolute Gasteiger partial charge is 0.493 e. The number of halogens is 2. The quantitative estimate of drug-likeness (QED) is 0.165. The van der Waals surface area contributed by atoms with Crippen LogP contribution >= 0.6 is 35.0 Å². The Morgan fingerprint density at radius 3 is 2.06 bits per heavy atom. The summed E-state index contributed by atoms with van der Waals surface area (Å²) in [5.74, 6) is 1.96. The summed E-state index contributed by atoms with van der Waals surface area (Å²) in [6.07, 6.45) is 0. The highest BCUT2D eigenvalue weighted by Gasteiger charge is 2.13. The van der Waals surface area contributed by atoms with E-state index in [4.69, 9.17) is 37.5 Å². The van der Waals surface area contributed by atoms with E-state index < -0.39 is 0 Å². The summed E-state index contributed by atoms with van der Waals surface area (Å²) in [5.41, 5.74) is 0.342. The van der Waals surface area contributed by atoms with E-state index in [-0.39, 0.29) is 18.8 Å². The van der Waals surface area contributed by atoms with Crippen molar-refractivity contribution in [3.05, 3.63) is 93.2 Å². The lowest BCUT2D eigenvalue weighted by atomic mass is 10.2. The molecule has 0 aliphatic heterocycles. The molecule has 0 aliphatic rings. The van der Waals surface area contributed by atoms with Gasteiger partial charge in [-0.15, -0.1) is 4.73 Å². The Hall–Kier alpha value is -2.87. The minimum absolute atomic E-state index is 0.164. The Morgan fingerprint density at radius 2 is 1.39 bits per heavy atom. The van der Waals surface area contributed by atoms with Crippen molar-refractivity contribution >= 4 is 45.9 Å². The van der Waals surface area contributed by atoms with Crippen LogP contribution in [0.3, 0.4) is 0 Å². The summed E-state index contributed by atoms with van der Waals surface area (Å²) in [6, 6.07) is 21.4. The van der Waals surface area contributed by atoms with Crippen LogP contribution in [0.4, 0.5) is 0 Å². The molecule has 9 heteroatoms. The number of rotatable bonds is 10. The topological polar surface area (TPSA) is 62.6 Å². The number of fused-ring (bicyclic) bond motifs is 1. The lowest BCUT2D eigenvalue weighted by molar-refractivity contribution is 0.0581. The number of ether oxygens (including phenoxy) is 2. The number of hydrogen-bond acceptors (Lipinski definition) is 6. The molecule has 4 rings (SSSR count). The summed E-state index contributed by atoms with van der Waals surface area (Å²) >= 11 is 13.2. The molecule has 3 aromatic carbocycles. The maximum Gasteiger partial charge on any atom is 0.295 e. The molecule has 0 bridgehead atoms. The number of hydrogen-bond donors (Lipinski definition) is 0. The van der Waals surface area contributed by atoms with E-state index in [1.54, 1.807) is 66.7 Å². The molecule has 0 atom stereocenters. The van der Waals surface area contributed by atoms with Gasteiger partial charge in [0.1, 0.15) is 24.7 Å². The zero-order valence-corrected chi connectivity index (χ0v) is 19.8. The summed E-state index contributed by atoms with van der Waals surface area (Å²) in [7, 11) is 0. The van der Waals surface area contributed by atoms with E-state index in [1.807, 2.05) is 6.07 Å². The Balaban J connectivity index is 1.41. The normalized spacial score (nSPS) is 10.8. The molecule has 0 unspecified atom stereocenters. The third kappa shape index (κ3) is 6.35. The summed E-state index contributed by atoms with van der Waals surface area (Å²) in [4.78, 5) is 23.4. The SMILES string of the molecule is O=c1c2ccccc2nc(SCCOc2ccc(Cl)cc2)n1OCCOc1ccc(Cl)cc1. The van der Waals surface area contributed by atoms with Gasteiger partial charge in [0.25, 0.3) is 5.56 Å². The van der Waals surface area contributed by atoms with E-state index in [0.29, 0.717) is 44.2 Å². The van der Waals surface area contributed by atoms with Crippen LogP contribution in [0.2, 0.25) is 10.0 Å². The maximum atomic E-state index is 13.0. The summed E-state index contributed by atoms with van der Waals surface area (Å²) < 4.78 is 12.6. The van der Waals surface area contributed by atoms with Gasteiger partial charge in [-0.1, -0.05) is 47.1 Å². The van der Waals surface area contributed by atoms with Gasteiger partial charge >= 0.3 is 0 Å². The lowest BCUT2D eigenvalue weighted by Crippen LogP contribution is -2.32. The van der Waals surface area contributed by atoms with Gasteiger partial charge in [0, 0.05) is 15.8 Å². The van der Waals surface area contributed by atoms with Crippen LogP contribution in [0.5, 0.6) is 11.5 Å². The van der Waals surface area contributed by atoms with Crippen LogP contribution in [-0.2, 0) is 0 Å². The van der Waals surface area contributed by atoms with E-state index >= 15 is 0 Å². The maximum absolute atomic E-state index is 13.0. The van der Waals surface area contributed by atoms with Gasteiger partial charge in [-0.05, 0) is 60.7 Å². The second kappa shape index (κ2) is 11.3. The average Bonchev–Trinajstić information content (AvgIpc) is 2.83. The number of aromatic nitrogens is 2. The molecule has 0 spiro atoms. The molecule has 1 heterocycles. The Labute approximate surface area is 205 Å². The molecule has 6 nitrogen and oxygen atoms in total. The zero-order valence-electron chi connectivity index (χ0n) is 17.4. The van der Waals surface area contributed by atoms with E-state index in [1.165, 1.54) is 16.5 Å². The molecule has 0 radical (unpaired) electrons. The molecule has 170 valence electrons. The third-order valence-corrected chi connectivity index (χ3v) is 5.88. The summed E-state index contributed by atoms with van der Waals surface area (Å²) in [6.45, 7) is 0.844. The summed E-state index contributed by atoms with van der Waals surface area (Å²) in [5, 5.41) is 2.22. The first kappa shape index (κ1) is 23.3. The number of thioether (sulfide) groups is 1. The van der Waals surface area contributed by atoms with E-state index in [2.05, 4.69) is 4.98 Å². The fourth-order valence-electron chi connectivity index (χ4n) is 2.94. The van der Waals surface area contributed by atoms with Crippen LogP contribution in [-0.4, -0.2) is 35.3 Å². The van der Waals surface area contributed by atoms with Crippen molar-refractivity contribution in [2.24, 2.45) is 0 Å². The first-order chi connectivity index (χ1) is 16.1. The molecular formula is C24H20Cl2N2O4S. The lowest BCUT2D eigenvalue weighted by Gasteiger charge is -2.14. The standard InChI is InChI=1S/C24H20Cl2N2O4S/c25-17-5-9-19(10-6-17)30-13-14-32-28-23(29)21-3-1-2-4-22(21)27-24(28)33-16-15-31-20-11-7-18(26)8-12-20/h1-12H,13-16H2. The van der Waals surface area contributed by atoms with Gasteiger partial charge in [-0.2, -0.15) is 0 Å². The van der Waals surface area contributed by atoms with E-state index in [0.717, 1.165) is 5.75 Å². The van der Waals surface area contributed by atoms with Crippen LogP contribution in [0.25, 0.3) is 10.9 Å². The van der Waals surface area contributed by atoms with Crippen molar-refractivity contribution in [3.63, 3.8) is 0 Å². The van der Waals surface area contributed by atoms with Crippen LogP contribution in [0, 0.1) is 0 Å². The van der Waals surface area contributed by atoms with Crippen molar-refractivity contribution in [2.75, 3.05) is 25.6 Å². The van der Waals surface area contributed by atoms with E-state index in [9.17, 15) is 4.79 Å². The van der Waals surface area contributed by atoms with Gasteiger partial charge in [-0.25, -0.2) is 4.98 Å². The van der Waals surface area contributed by atoms with Crippen molar-refractivity contribution in [1.82, 2.24) is 9.71 Å². The minimum Gasteiger partial charge on any atom is -0.493 e. The van der Waals surface area contributed by atoms with Crippen molar-refractivity contribution in [1.29, 1.82) is 0 Å². The van der Waals surface area contributed by atoms with Crippen molar-refractivity contribution < 1.29 is 14.3 Å². The molecule has 0 fully saturated rings. The highest BCUT2D eigenvalue weighted by molar-refractivity contribution is 7.99. The Kier molecular flexibility index (Phi) is 7.99. The molecule has 33 heavy (non-hydrogen) atoms. The van der Waals surface area contributed by atoms with Gasteiger partial charge in [-0.3, -0.25) is 4.79 Å². The predicted octanol–water partition coefficient (Wildman–Crippen LogP) is 5.38. The fourth-order valence-corrected chi connectivity index (χ4v) is 3.96. The minimum atomic E-state index is -0.270. The molecule has 4 aromatic rings. The van der Waals surface area contributed by atoms with Crippen molar-refractivity contribution in [2.45, 2.75) is 5.16 Å². The monoisotopic (exact) mass is 502 g/mol. The average molecular weight is 503 g/mol. The van der Waals surface area contributed by atoms with Crippen molar-refractivity contribution in [3.8, 4) is 11.5 Å². The number of para-hydroxylation sites is 1. The molecule has 1 aromatic heterocycles. The molecule has 0 saturated carbocycles. The van der Waals surface area contributed by atoms with Gasteiger partial charge in [0.15, 0.2) is 0 Å². The highest BCUT2D eigenvalue weighted by Crippen LogP contribution is 2.19. The Bertz CT molecular complexity index is 1260. The van der Waals surface area contributed by atoms with Crippen LogP contribution in [0.15, 0.2) is 82.7 Å². The molecule has 0 N–H and O–H groups in total. The molecule has 0 amide bonds.